The summed E-state index contributed by atoms with van der Waals surface area (Å²) in [4.78, 5) is 88.5. The second-order valence-electron chi connectivity index (χ2n) is 14.3. The molecule has 7 rings (SSSR count). The molecular weight excluding hydrogens is 841 g/mol. The van der Waals surface area contributed by atoms with Gasteiger partial charge < -0.3 is 39.4 Å². The Morgan fingerprint density at radius 2 is 1.84 bits per heavy atom. The Balaban J connectivity index is 0.997. The van der Waals surface area contributed by atoms with Crippen molar-refractivity contribution >= 4 is 42.7 Å². The summed E-state index contributed by atoms with van der Waals surface area (Å²) in [5.41, 5.74) is -0.732. The van der Waals surface area contributed by atoms with E-state index < -0.39 is 99.5 Å². The molecule has 1 amide bonds. The number of aromatic nitrogens is 8. The number of ether oxygens (including phenoxy) is 4. The van der Waals surface area contributed by atoms with Gasteiger partial charge in [-0.1, -0.05) is 18.2 Å². The van der Waals surface area contributed by atoms with E-state index in [-0.39, 0.29) is 42.0 Å². The van der Waals surface area contributed by atoms with Crippen LogP contribution in [0.4, 0.5) is 5.82 Å². The first-order chi connectivity index (χ1) is 29.7. The molecule has 0 bridgehead atoms. The summed E-state index contributed by atoms with van der Waals surface area (Å²) in [5, 5.41) is 24.2. The van der Waals surface area contributed by atoms with E-state index in [0.29, 0.717) is 12.1 Å². The maximum Gasteiger partial charge on any atom is 0.472 e. The highest BCUT2D eigenvalue weighted by Gasteiger charge is 2.50. The summed E-state index contributed by atoms with van der Waals surface area (Å²) in [7, 11) is -3.33. The average molecular weight is 885 g/mol. The van der Waals surface area contributed by atoms with Crippen LogP contribution in [0.25, 0.3) is 11.2 Å². The van der Waals surface area contributed by atoms with Crippen molar-refractivity contribution in [3.05, 3.63) is 99.9 Å². The molecule has 62 heavy (non-hydrogen) atoms. The monoisotopic (exact) mass is 884 g/mol. The number of hydrogen-bond acceptors (Lipinski definition) is 17. The van der Waals surface area contributed by atoms with Crippen LogP contribution >= 0.6 is 7.82 Å². The van der Waals surface area contributed by atoms with Crippen LogP contribution in [-0.4, -0.2) is 117 Å². The number of carbonyl (C=O) groups excluding carboxylic acids is 3. The summed E-state index contributed by atoms with van der Waals surface area (Å²) in [5.74, 6) is -1.93. The van der Waals surface area contributed by atoms with Crippen LogP contribution in [0.2, 0.25) is 0 Å². The third-order valence-corrected chi connectivity index (χ3v) is 10.9. The maximum atomic E-state index is 13.4. The van der Waals surface area contributed by atoms with Gasteiger partial charge in [-0.25, -0.2) is 33.4 Å². The van der Waals surface area contributed by atoms with Gasteiger partial charge in [0, 0.05) is 23.7 Å². The van der Waals surface area contributed by atoms with Crippen molar-refractivity contribution in [3.63, 3.8) is 0 Å². The molecule has 330 valence electrons. The molecule has 2 aliphatic rings. The molecule has 8 atom stereocenters. The number of phosphoric ester groups is 1. The second kappa shape index (κ2) is 19.0. The molecule has 6 heterocycles. The Labute approximate surface area is 350 Å². The zero-order valence-corrected chi connectivity index (χ0v) is 34.1. The smallest absolute Gasteiger partial charge is 0.461 e. The summed E-state index contributed by atoms with van der Waals surface area (Å²) in [6.45, 7) is 0.363. The third-order valence-electron chi connectivity index (χ3n) is 9.94. The predicted octanol–water partition coefficient (Wildman–Crippen LogP) is -0.461. The normalized spacial score (nSPS) is 23.3. The van der Waals surface area contributed by atoms with Gasteiger partial charge >= 0.3 is 25.5 Å². The van der Waals surface area contributed by atoms with Crippen molar-refractivity contribution in [2.24, 2.45) is 7.05 Å². The van der Waals surface area contributed by atoms with Gasteiger partial charge in [-0.3, -0.25) is 42.3 Å². The van der Waals surface area contributed by atoms with Crippen molar-refractivity contribution in [2.75, 3.05) is 25.1 Å². The molecule has 0 aliphatic carbocycles. The Morgan fingerprint density at radius 1 is 1.06 bits per heavy atom. The van der Waals surface area contributed by atoms with Crippen LogP contribution in [0.1, 0.15) is 47.6 Å². The number of esters is 2. The number of imidazole rings is 2. The highest BCUT2D eigenvalue weighted by atomic mass is 31.2. The van der Waals surface area contributed by atoms with Gasteiger partial charge in [0.25, 0.3) is 11.5 Å². The zero-order valence-electron chi connectivity index (χ0n) is 33.2. The van der Waals surface area contributed by atoms with Crippen LogP contribution in [-0.2, 0) is 55.7 Å². The number of anilines is 1. The van der Waals surface area contributed by atoms with Gasteiger partial charge in [0.1, 0.15) is 68.6 Å². The van der Waals surface area contributed by atoms with Gasteiger partial charge in [-0.2, -0.15) is 0 Å². The first-order valence-electron chi connectivity index (χ1n) is 19.2. The molecular formula is C37H43N9O15P+. The Bertz CT molecular complexity index is 2580. The SMILES string of the molecule is Cc1cn([C@H]2C[C@H](OC(=O)CCC(=O)OCCn3cc[n+](C)c3)[C@@H](COP(=O)(O)O[C@H]3[C@@H](O)[C@H](n4cnc5c(NC(=O)c6ccccc6)ncnc54)O[C@@H]3CO)O2)c(=O)[nH]c1=O. The standard InChI is InChI=1S/C37H42N9O15P/c1-21-15-45(37(53)42-34(21)51)26-14-23(59-28(49)9-8-27(48)56-13-12-44-11-10-43(2)20-44)25(58-26)17-57-62(54,55)61-31-24(16-47)60-36(30(31)50)46-19-40-29-32(38-18-39-33(29)46)41-35(52)22-6-4-3-5-7-22/h3-7,10-11,15,18-20,23-26,30-31,36,47,50H,8-9,12-14,16-17H2,1-2H3,(H2-,38,39,41,42,51,52,53,54,55)/p+1/t23-,24+,25+,26+,30+,31+,36+/m0/s1. The van der Waals surface area contributed by atoms with Gasteiger partial charge in [0.2, 0.25) is 6.33 Å². The zero-order chi connectivity index (χ0) is 44.1. The van der Waals surface area contributed by atoms with Gasteiger partial charge in [-0.15, -0.1) is 0 Å². The van der Waals surface area contributed by atoms with Gasteiger partial charge in [0.05, 0.1) is 39.4 Å². The molecule has 2 fully saturated rings. The first kappa shape index (κ1) is 44.1. The summed E-state index contributed by atoms with van der Waals surface area (Å²) in [6.07, 6.45) is -1.66. The third kappa shape index (κ3) is 10.2. The fraction of sp³-hybridized carbons (Fsp3) is 0.432. The number of fused-ring (bicyclic) bond motifs is 1. The van der Waals surface area contributed by atoms with E-state index in [4.69, 9.17) is 28.0 Å². The first-order valence-corrected chi connectivity index (χ1v) is 20.7. The van der Waals surface area contributed by atoms with Crippen molar-refractivity contribution in [1.29, 1.82) is 0 Å². The van der Waals surface area contributed by atoms with E-state index in [9.17, 15) is 43.6 Å². The van der Waals surface area contributed by atoms with Crippen LogP contribution < -0.4 is 21.1 Å². The van der Waals surface area contributed by atoms with E-state index in [1.807, 2.05) is 22.4 Å². The molecule has 24 nitrogen and oxygen atoms in total. The molecule has 1 aromatic carbocycles. The molecule has 4 aromatic heterocycles. The number of aryl methyl sites for hydroxylation is 2. The summed E-state index contributed by atoms with van der Waals surface area (Å²) < 4.78 is 52.6. The Morgan fingerprint density at radius 3 is 2.58 bits per heavy atom. The van der Waals surface area contributed by atoms with Crippen molar-refractivity contribution in [2.45, 2.75) is 75.7 Å². The number of H-pyrrole nitrogens is 1. The number of aliphatic hydroxyl groups is 2. The van der Waals surface area contributed by atoms with E-state index in [0.717, 1.165) is 10.9 Å². The predicted molar refractivity (Wildman–Crippen MR) is 208 cm³/mol. The number of hydrogen-bond donors (Lipinski definition) is 5. The second-order valence-corrected chi connectivity index (χ2v) is 15.8. The molecule has 5 aromatic rings. The fourth-order valence-corrected chi connectivity index (χ4v) is 7.79. The lowest BCUT2D eigenvalue weighted by Crippen LogP contribution is -2.36. The van der Waals surface area contributed by atoms with E-state index in [1.165, 1.54) is 24.0 Å². The highest BCUT2D eigenvalue weighted by molar-refractivity contribution is 7.47. The van der Waals surface area contributed by atoms with Crippen LogP contribution in [0.15, 0.2) is 77.5 Å². The van der Waals surface area contributed by atoms with E-state index in [2.05, 4.69) is 25.3 Å². The number of aromatic amines is 1. The van der Waals surface area contributed by atoms with Crippen molar-refractivity contribution in [1.82, 2.24) is 33.6 Å². The van der Waals surface area contributed by atoms with Crippen LogP contribution in [0.5, 0.6) is 0 Å². The minimum atomic E-state index is -5.17. The Kier molecular flexibility index (Phi) is 13.5. The Hall–Kier alpha value is -5.98. The number of rotatable bonds is 17. The summed E-state index contributed by atoms with van der Waals surface area (Å²) >= 11 is 0. The van der Waals surface area contributed by atoms with E-state index >= 15 is 0 Å². The van der Waals surface area contributed by atoms with Crippen LogP contribution in [0, 0.1) is 6.92 Å². The van der Waals surface area contributed by atoms with Crippen molar-refractivity contribution < 1.29 is 66.6 Å². The number of phosphoric acid groups is 1. The number of nitrogens with one attached hydrogen (secondary N) is 2. The fourth-order valence-electron chi connectivity index (χ4n) is 6.83. The molecule has 2 saturated heterocycles. The number of nitrogens with zero attached hydrogens (tertiary/aromatic N) is 7. The van der Waals surface area contributed by atoms with Crippen LogP contribution in [0.3, 0.4) is 0 Å². The number of amides is 1. The largest absolute Gasteiger partial charge is 0.472 e. The lowest BCUT2D eigenvalue weighted by Gasteiger charge is -2.24. The molecule has 0 spiro atoms. The van der Waals surface area contributed by atoms with E-state index in [1.54, 1.807) is 42.9 Å². The molecule has 5 N–H and O–H groups in total. The van der Waals surface area contributed by atoms with Gasteiger partial charge in [-0.05, 0) is 19.1 Å². The minimum absolute atomic E-state index is 0.0482. The molecule has 0 radical (unpaired) electrons. The quantitative estimate of drug-likeness (QED) is 0.0448. The molecule has 2 aliphatic heterocycles. The number of benzene rings is 1. The number of carbonyl (C=O) groups is 3. The van der Waals surface area contributed by atoms with Crippen molar-refractivity contribution in [3.8, 4) is 0 Å². The molecule has 1 unspecified atom stereocenters. The molecule has 0 saturated carbocycles. The summed E-state index contributed by atoms with van der Waals surface area (Å²) in [6, 6.07) is 8.34. The average Bonchev–Trinajstić information content (AvgIpc) is 4.04. The minimum Gasteiger partial charge on any atom is -0.461 e. The van der Waals surface area contributed by atoms with Gasteiger partial charge in [0.15, 0.2) is 23.2 Å². The lowest BCUT2D eigenvalue weighted by atomic mass is 10.1. The lowest BCUT2D eigenvalue weighted by molar-refractivity contribution is -0.671. The number of aliphatic hydroxyl groups excluding tert-OH is 2. The topological polar surface area (TPSA) is 304 Å². The maximum absolute atomic E-state index is 13.4. The highest BCUT2D eigenvalue weighted by Crippen LogP contribution is 2.49. The molecule has 25 heteroatoms.